The van der Waals surface area contributed by atoms with Crippen LogP contribution in [0, 0.1) is 0 Å². The summed E-state index contributed by atoms with van der Waals surface area (Å²) in [5.41, 5.74) is 0. The van der Waals surface area contributed by atoms with Gasteiger partial charge in [0.05, 0.1) is 0 Å². The maximum Gasteiger partial charge on any atom is 0.303 e. The average molecular weight is 205 g/mol. The van der Waals surface area contributed by atoms with Crippen molar-refractivity contribution >= 4 is 17.7 Å². The van der Waals surface area contributed by atoms with Crippen molar-refractivity contribution in [1.82, 2.24) is 4.90 Å². The molecule has 0 aliphatic heterocycles. The van der Waals surface area contributed by atoms with E-state index in [4.69, 9.17) is 5.11 Å². The fourth-order valence-corrected chi connectivity index (χ4v) is 2.00. The van der Waals surface area contributed by atoms with E-state index in [1.807, 2.05) is 25.9 Å². The molecule has 13 heavy (non-hydrogen) atoms. The second-order valence-corrected chi connectivity index (χ2v) is 4.96. The topological polar surface area (TPSA) is 40.5 Å². The number of nitrogens with zero attached hydrogens (tertiary/aromatic N) is 1. The van der Waals surface area contributed by atoms with E-state index in [0.29, 0.717) is 5.25 Å². The first-order valence-corrected chi connectivity index (χ1v) is 5.55. The summed E-state index contributed by atoms with van der Waals surface area (Å²) < 4.78 is 0. The van der Waals surface area contributed by atoms with Crippen LogP contribution in [0.25, 0.3) is 0 Å². The van der Waals surface area contributed by atoms with Gasteiger partial charge in [-0.25, -0.2) is 0 Å². The fraction of sp³-hybridized carbons (Fsp3) is 0.889. The second-order valence-electron chi connectivity index (χ2n) is 3.42. The number of rotatable bonds is 7. The number of carboxylic acids is 1. The van der Waals surface area contributed by atoms with Crippen molar-refractivity contribution in [2.45, 2.75) is 25.0 Å². The van der Waals surface area contributed by atoms with Crippen molar-refractivity contribution in [2.75, 3.05) is 26.4 Å². The summed E-state index contributed by atoms with van der Waals surface area (Å²) in [5.74, 6) is 0.383. The number of aliphatic carboxylic acids is 1. The molecule has 0 aromatic heterocycles. The monoisotopic (exact) mass is 205 g/mol. The molecular formula is C9H19NO2S. The second kappa shape index (κ2) is 7.21. The summed E-state index contributed by atoms with van der Waals surface area (Å²) in [5, 5.41) is 8.91. The molecule has 78 valence electrons. The summed E-state index contributed by atoms with van der Waals surface area (Å²) in [6.07, 6.45) is 1.06. The Morgan fingerprint density at radius 1 is 1.54 bits per heavy atom. The van der Waals surface area contributed by atoms with E-state index in [1.165, 1.54) is 0 Å². The normalized spacial score (nSPS) is 13.2. The van der Waals surface area contributed by atoms with Gasteiger partial charge in [0.15, 0.2) is 0 Å². The van der Waals surface area contributed by atoms with Crippen LogP contribution in [0.15, 0.2) is 0 Å². The van der Waals surface area contributed by atoms with Gasteiger partial charge in [0.2, 0.25) is 0 Å². The molecule has 0 saturated heterocycles. The molecule has 1 unspecified atom stereocenters. The number of carbonyl (C=O) groups is 1. The molecule has 1 atom stereocenters. The minimum atomic E-state index is -0.694. The number of thioether (sulfide) groups is 1. The molecule has 0 heterocycles. The van der Waals surface area contributed by atoms with E-state index in [1.54, 1.807) is 0 Å². The molecule has 0 aliphatic carbocycles. The quantitative estimate of drug-likeness (QED) is 0.684. The lowest BCUT2D eigenvalue weighted by atomic mass is 10.2. The summed E-state index contributed by atoms with van der Waals surface area (Å²) in [6.45, 7) is 3.14. The largest absolute Gasteiger partial charge is 0.481 e. The van der Waals surface area contributed by atoms with E-state index >= 15 is 0 Å². The first-order chi connectivity index (χ1) is 6.02. The molecule has 0 amide bonds. The molecule has 4 heteroatoms. The lowest BCUT2D eigenvalue weighted by molar-refractivity contribution is -0.137. The molecule has 0 fully saturated rings. The third kappa shape index (κ3) is 9.70. The van der Waals surface area contributed by atoms with Gasteiger partial charge in [-0.3, -0.25) is 4.79 Å². The number of hydrogen-bond acceptors (Lipinski definition) is 3. The minimum absolute atomic E-state index is 0.288. The van der Waals surface area contributed by atoms with E-state index in [2.05, 4.69) is 11.8 Å². The molecule has 1 N–H and O–H groups in total. The van der Waals surface area contributed by atoms with Crippen molar-refractivity contribution in [1.29, 1.82) is 0 Å². The SMILES string of the molecule is CC(CCC(=O)O)SCCN(C)C. The van der Waals surface area contributed by atoms with Crippen LogP contribution in [0.4, 0.5) is 0 Å². The van der Waals surface area contributed by atoms with Crippen LogP contribution in [-0.2, 0) is 4.79 Å². The van der Waals surface area contributed by atoms with Crippen molar-refractivity contribution in [3.05, 3.63) is 0 Å². The van der Waals surface area contributed by atoms with E-state index in [9.17, 15) is 4.79 Å². The first-order valence-electron chi connectivity index (χ1n) is 4.50. The van der Waals surface area contributed by atoms with Crippen LogP contribution in [0.3, 0.4) is 0 Å². The summed E-state index contributed by atoms with van der Waals surface area (Å²) in [4.78, 5) is 12.4. The first kappa shape index (κ1) is 12.8. The van der Waals surface area contributed by atoms with Crippen LogP contribution in [0.2, 0.25) is 0 Å². The predicted molar refractivity (Wildman–Crippen MR) is 57.3 cm³/mol. The molecule has 0 saturated carbocycles. The van der Waals surface area contributed by atoms with Gasteiger partial charge >= 0.3 is 5.97 Å². The van der Waals surface area contributed by atoms with Crippen molar-refractivity contribution in [2.24, 2.45) is 0 Å². The number of carboxylic acid groups (broad SMARTS) is 1. The van der Waals surface area contributed by atoms with Gasteiger partial charge in [0, 0.05) is 24.0 Å². The number of hydrogen-bond donors (Lipinski definition) is 1. The van der Waals surface area contributed by atoms with Crippen molar-refractivity contribution in [3.8, 4) is 0 Å². The maximum absolute atomic E-state index is 10.3. The lowest BCUT2D eigenvalue weighted by Crippen LogP contribution is -2.16. The highest BCUT2D eigenvalue weighted by Crippen LogP contribution is 2.15. The Kier molecular flexibility index (Phi) is 7.09. The van der Waals surface area contributed by atoms with Crippen LogP contribution in [0.5, 0.6) is 0 Å². The zero-order valence-electron chi connectivity index (χ0n) is 8.62. The van der Waals surface area contributed by atoms with Crippen LogP contribution in [-0.4, -0.2) is 47.6 Å². The zero-order valence-corrected chi connectivity index (χ0v) is 9.43. The third-order valence-corrected chi connectivity index (χ3v) is 2.93. The Bertz CT molecular complexity index is 151. The van der Waals surface area contributed by atoms with Gasteiger partial charge in [-0.05, 0) is 20.5 Å². The Morgan fingerprint density at radius 2 is 2.15 bits per heavy atom. The highest BCUT2D eigenvalue weighted by Gasteiger charge is 2.05. The lowest BCUT2D eigenvalue weighted by Gasteiger charge is -2.12. The highest BCUT2D eigenvalue weighted by molar-refractivity contribution is 7.99. The summed E-state index contributed by atoms with van der Waals surface area (Å²) >= 11 is 1.84. The standard InChI is InChI=1S/C9H19NO2S/c1-8(4-5-9(11)12)13-7-6-10(2)3/h8H,4-7H2,1-3H3,(H,11,12). The average Bonchev–Trinajstić information content (AvgIpc) is 2.00. The van der Waals surface area contributed by atoms with Gasteiger partial charge in [-0.15, -0.1) is 0 Å². The van der Waals surface area contributed by atoms with Crippen LogP contribution >= 0.6 is 11.8 Å². The van der Waals surface area contributed by atoms with Crippen molar-refractivity contribution in [3.63, 3.8) is 0 Å². The predicted octanol–water partition coefficient (Wildman–Crippen LogP) is 1.53. The Labute approximate surface area is 84.5 Å². The molecule has 0 radical (unpaired) electrons. The van der Waals surface area contributed by atoms with E-state index in [0.717, 1.165) is 18.7 Å². The molecule has 0 aliphatic rings. The molecule has 0 aromatic rings. The Morgan fingerprint density at radius 3 is 2.62 bits per heavy atom. The summed E-state index contributed by atoms with van der Waals surface area (Å²) in [6, 6.07) is 0. The van der Waals surface area contributed by atoms with Gasteiger partial charge in [-0.1, -0.05) is 6.92 Å². The Balaban J connectivity index is 3.30. The smallest absolute Gasteiger partial charge is 0.303 e. The summed E-state index contributed by atoms with van der Waals surface area (Å²) in [7, 11) is 4.09. The molecule has 0 rings (SSSR count). The fourth-order valence-electron chi connectivity index (χ4n) is 0.847. The highest BCUT2D eigenvalue weighted by atomic mass is 32.2. The molecular weight excluding hydrogens is 186 g/mol. The van der Waals surface area contributed by atoms with Gasteiger partial charge in [-0.2, -0.15) is 11.8 Å². The van der Waals surface area contributed by atoms with E-state index < -0.39 is 5.97 Å². The van der Waals surface area contributed by atoms with Crippen LogP contribution in [0.1, 0.15) is 19.8 Å². The molecule has 0 spiro atoms. The Hall–Kier alpha value is -0.220. The van der Waals surface area contributed by atoms with Gasteiger partial charge < -0.3 is 10.0 Å². The van der Waals surface area contributed by atoms with E-state index in [-0.39, 0.29) is 6.42 Å². The van der Waals surface area contributed by atoms with Gasteiger partial charge in [0.25, 0.3) is 0 Å². The zero-order chi connectivity index (χ0) is 10.3. The van der Waals surface area contributed by atoms with Crippen molar-refractivity contribution < 1.29 is 9.90 Å². The third-order valence-electron chi connectivity index (χ3n) is 1.71. The van der Waals surface area contributed by atoms with Crippen LogP contribution < -0.4 is 0 Å². The maximum atomic E-state index is 10.3. The minimum Gasteiger partial charge on any atom is -0.481 e. The van der Waals surface area contributed by atoms with Gasteiger partial charge in [0.1, 0.15) is 0 Å². The molecule has 3 nitrogen and oxygen atoms in total. The molecule has 0 aromatic carbocycles. The molecule has 0 bridgehead atoms.